The molecule has 0 unspecified atom stereocenters. The highest BCUT2D eigenvalue weighted by Gasteiger charge is 1.93. The average Bonchev–Trinajstić information content (AvgIpc) is 1.88. The number of anilines is 3. The number of nitrogen functional groups attached to an aromatic ring is 2. The molecule has 0 fully saturated rings. The van der Waals surface area contributed by atoms with Crippen LogP contribution < -0.4 is 16.8 Å². The Bertz CT molecular complexity index is 237. The lowest BCUT2D eigenvalue weighted by molar-refractivity contribution is 1.51. The molecule has 0 saturated heterocycles. The van der Waals surface area contributed by atoms with Crippen LogP contribution in [0.1, 0.15) is 0 Å². The first kappa shape index (κ1) is 9.91. The van der Waals surface area contributed by atoms with Crippen molar-refractivity contribution in [1.82, 2.24) is 0 Å². The highest BCUT2D eigenvalue weighted by Crippen LogP contribution is 2.19. The van der Waals surface area contributed by atoms with Gasteiger partial charge in [-0.05, 0) is 18.2 Å². The van der Waals surface area contributed by atoms with Crippen LogP contribution in [-0.4, -0.2) is 7.05 Å². The summed E-state index contributed by atoms with van der Waals surface area (Å²) in [7, 11) is 1.82. The fourth-order valence-corrected chi connectivity index (χ4v) is 0.809. The minimum atomic E-state index is 0. The zero-order valence-corrected chi connectivity index (χ0v) is 7.11. The van der Waals surface area contributed by atoms with Crippen LogP contribution in [0.25, 0.3) is 0 Å². The lowest BCUT2D eigenvalue weighted by atomic mass is 10.2. The van der Waals surface area contributed by atoms with E-state index in [9.17, 15) is 0 Å². The minimum absolute atomic E-state index is 0. The zero-order chi connectivity index (χ0) is 7.56. The number of rotatable bonds is 1. The average molecular weight is 174 g/mol. The molecule has 0 aliphatic heterocycles. The van der Waals surface area contributed by atoms with Crippen molar-refractivity contribution in [3.8, 4) is 0 Å². The molecule has 0 radical (unpaired) electrons. The van der Waals surface area contributed by atoms with Gasteiger partial charge < -0.3 is 16.8 Å². The van der Waals surface area contributed by atoms with Crippen molar-refractivity contribution in [2.24, 2.45) is 0 Å². The quantitative estimate of drug-likeness (QED) is 0.562. The molecule has 0 bridgehead atoms. The van der Waals surface area contributed by atoms with E-state index in [0.717, 1.165) is 5.69 Å². The van der Waals surface area contributed by atoms with Gasteiger partial charge in [-0.3, -0.25) is 0 Å². The van der Waals surface area contributed by atoms with Gasteiger partial charge in [-0.25, -0.2) is 0 Å². The maximum atomic E-state index is 5.59. The Morgan fingerprint density at radius 2 is 1.91 bits per heavy atom. The van der Waals surface area contributed by atoms with Crippen molar-refractivity contribution in [2.45, 2.75) is 0 Å². The Balaban J connectivity index is 0.000001000. The van der Waals surface area contributed by atoms with Gasteiger partial charge in [0.25, 0.3) is 0 Å². The number of hydrogen-bond donors (Lipinski definition) is 3. The maximum absolute atomic E-state index is 5.59. The summed E-state index contributed by atoms with van der Waals surface area (Å²) in [5.41, 5.74) is 13.3. The molecule has 4 heteroatoms. The molecule has 0 atom stereocenters. The van der Waals surface area contributed by atoms with Gasteiger partial charge in [-0.1, -0.05) is 0 Å². The summed E-state index contributed by atoms with van der Waals surface area (Å²) in [4.78, 5) is 0. The van der Waals surface area contributed by atoms with E-state index in [2.05, 4.69) is 5.32 Å². The molecule has 0 aromatic heterocycles. The van der Waals surface area contributed by atoms with Crippen LogP contribution in [0.2, 0.25) is 0 Å². The van der Waals surface area contributed by atoms with E-state index in [4.69, 9.17) is 11.5 Å². The third-order valence-corrected chi connectivity index (χ3v) is 1.34. The van der Waals surface area contributed by atoms with Gasteiger partial charge in [0.1, 0.15) is 0 Å². The topological polar surface area (TPSA) is 64.1 Å². The largest absolute Gasteiger partial charge is 0.399 e. The van der Waals surface area contributed by atoms with Gasteiger partial charge in [0, 0.05) is 12.7 Å². The molecule has 0 saturated carbocycles. The predicted molar refractivity (Wildman–Crippen MR) is 52.1 cm³/mol. The standard InChI is InChI=1S/C7H11N3.ClH/c1-10-7-3-2-5(8)4-6(7)9;/h2-4,10H,8-9H2,1H3;1H. The van der Waals surface area contributed by atoms with Crippen molar-refractivity contribution in [2.75, 3.05) is 23.8 Å². The second-order valence-electron chi connectivity index (χ2n) is 2.10. The normalized spacial score (nSPS) is 8.45. The van der Waals surface area contributed by atoms with Crippen molar-refractivity contribution in [1.29, 1.82) is 0 Å². The molecule has 5 N–H and O–H groups in total. The molecule has 3 nitrogen and oxygen atoms in total. The number of benzene rings is 1. The number of nitrogens with two attached hydrogens (primary N) is 2. The summed E-state index contributed by atoms with van der Waals surface area (Å²) in [5, 5.41) is 2.94. The molecular formula is C7H12ClN3. The van der Waals surface area contributed by atoms with E-state index in [0.29, 0.717) is 11.4 Å². The Kier molecular flexibility index (Phi) is 3.54. The summed E-state index contributed by atoms with van der Waals surface area (Å²) in [6, 6.07) is 5.39. The molecule has 0 heterocycles. The number of nitrogens with one attached hydrogen (secondary N) is 1. The monoisotopic (exact) mass is 173 g/mol. The van der Waals surface area contributed by atoms with Crippen LogP contribution in [-0.2, 0) is 0 Å². The molecule has 11 heavy (non-hydrogen) atoms. The van der Waals surface area contributed by atoms with E-state index in [1.165, 1.54) is 0 Å². The minimum Gasteiger partial charge on any atom is -0.399 e. The fourth-order valence-electron chi connectivity index (χ4n) is 0.809. The summed E-state index contributed by atoms with van der Waals surface area (Å²) >= 11 is 0. The molecule has 0 spiro atoms. The summed E-state index contributed by atoms with van der Waals surface area (Å²) in [6.07, 6.45) is 0. The molecule has 0 amide bonds. The number of hydrogen-bond acceptors (Lipinski definition) is 3. The number of halogens is 1. The first-order chi connectivity index (χ1) is 4.74. The first-order valence-electron chi connectivity index (χ1n) is 3.07. The molecule has 62 valence electrons. The first-order valence-corrected chi connectivity index (χ1v) is 3.07. The molecular weight excluding hydrogens is 162 g/mol. The Morgan fingerprint density at radius 1 is 1.27 bits per heavy atom. The highest BCUT2D eigenvalue weighted by atomic mass is 35.5. The smallest absolute Gasteiger partial charge is 0.0572 e. The third kappa shape index (κ3) is 2.20. The van der Waals surface area contributed by atoms with Crippen molar-refractivity contribution in [3.05, 3.63) is 18.2 Å². The van der Waals surface area contributed by atoms with Crippen molar-refractivity contribution in [3.63, 3.8) is 0 Å². The molecule has 0 aliphatic carbocycles. The van der Waals surface area contributed by atoms with Gasteiger partial charge in [0.05, 0.1) is 11.4 Å². The van der Waals surface area contributed by atoms with Crippen molar-refractivity contribution >= 4 is 29.5 Å². The second-order valence-corrected chi connectivity index (χ2v) is 2.10. The van der Waals surface area contributed by atoms with Crippen LogP contribution in [0.3, 0.4) is 0 Å². The van der Waals surface area contributed by atoms with Gasteiger partial charge in [-0.15, -0.1) is 12.4 Å². The van der Waals surface area contributed by atoms with Crippen LogP contribution in [0.5, 0.6) is 0 Å². The molecule has 1 aromatic carbocycles. The molecule has 1 aromatic rings. The van der Waals surface area contributed by atoms with E-state index >= 15 is 0 Å². The van der Waals surface area contributed by atoms with Crippen LogP contribution >= 0.6 is 12.4 Å². The lowest BCUT2D eigenvalue weighted by Gasteiger charge is -2.03. The van der Waals surface area contributed by atoms with Crippen LogP contribution in [0, 0.1) is 0 Å². The summed E-state index contributed by atoms with van der Waals surface area (Å²) in [5.74, 6) is 0. The van der Waals surface area contributed by atoms with Gasteiger partial charge >= 0.3 is 0 Å². The fraction of sp³-hybridized carbons (Fsp3) is 0.143. The zero-order valence-electron chi connectivity index (χ0n) is 6.29. The third-order valence-electron chi connectivity index (χ3n) is 1.34. The predicted octanol–water partition coefficient (Wildman–Crippen LogP) is 1.31. The summed E-state index contributed by atoms with van der Waals surface area (Å²) in [6.45, 7) is 0. The lowest BCUT2D eigenvalue weighted by Crippen LogP contribution is -1.96. The van der Waals surface area contributed by atoms with Crippen molar-refractivity contribution < 1.29 is 0 Å². The molecule has 0 aliphatic rings. The van der Waals surface area contributed by atoms with E-state index in [-0.39, 0.29) is 12.4 Å². The summed E-state index contributed by atoms with van der Waals surface area (Å²) < 4.78 is 0. The highest BCUT2D eigenvalue weighted by molar-refractivity contribution is 5.85. The van der Waals surface area contributed by atoms with Gasteiger partial charge in [-0.2, -0.15) is 0 Å². The van der Waals surface area contributed by atoms with E-state index in [1.54, 1.807) is 6.07 Å². The Morgan fingerprint density at radius 3 is 2.36 bits per heavy atom. The van der Waals surface area contributed by atoms with E-state index < -0.39 is 0 Å². The molecule has 1 rings (SSSR count). The Hall–Kier alpha value is -1.09. The van der Waals surface area contributed by atoms with Gasteiger partial charge in [0.2, 0.25) is 0 Å². The van der Waals surface area contributed by atoms with E-state index in [1.807, 2.05) is 19.2 Å². The second kappa shape index (κ2) is 3.93. The maximum Gasteiger partial charge on any atom is 0.0572 e. The van der Waals surface area contributed by atoms with Crippen LogP contribution in [0.15, 0.2) is 18.2 Å². The Labute approximate surface area is 72.2 Å². The SMILES string of the molecule is CNc1ccc(N)cc1N.Cl. The van der Waals surface area contributed by atoms with Gasteiger partial charge in [0.15, 0.2) is 0 Å². The van der Waals surface area contributed by atoms with Crippen LogP contribution in [0.4, 0.5) is 17.1 Å².